The van der Waals surface area contributed by atoms with Gasteiger partial charge in [-0.3, -0.25) is 4.90 Å². The Morgan fingerprint density at radius 2 is 2.11 bits per heavy atom. The summed E-state index contributed by atoms with van der Waals surface area (Å²) in [6.45, 7) is 6.39. The zero-order chi connectivity index (χ0) is 13.0. The fourth-order valence-corrected chi connectivity index (χ4v) is 2.84. The molecule has 0 radical (unpaired) electrons. The van der Waals surface area contributed by atoms with Gasteiger partial charge in [-0.2, -0.15) is 0 Å². The summed E-state index contributed by atoms with van der Waals surface area (Å²) in [5, 5.41) is 13.3. The molecule has 0 aromatic heterocycles. The van der Waals surface area contributed by atoms with Crippen LogP contribution in [-0.2, 0) is 6.54 Å². The lowest BCUT2D eigenvalue weighted by Gasteiger charge is -2.24. The molecular formula is C14H21BrN2O. The van der Waals surface area contributed by atoms with E-state index in [4.69, 9.17) is 0 Å². The molecule has 0 spiro atoms. The number of phenols is 1. The molecule has 4 heteroatoms. The summed E-state index contributed by atoms with van der Waals surface area (Å²) in [5.41, 5.74) is 0.943. The van der Waals surface area contributed by atoms with Gasteiger partial charge < -0.3 is 10.4 Å². The smallest absolute Gasteiger partial charge is 0.134 e. The molecule has 1 aliphatic rings. The number of phenolic OH excluding ortho intramolecular Hbond substituents is 1. The Hall–Kier alpha value is -0.580. The normalized spacial score (nSPS) is 18.1. The van der Waals surface area contributed by atoms with Gasteiger partial charge in [0.25, 0.3) is 0 Å². The second-order valence-electron chi connectivity index (χ2n) is 4.97. The van der Waals surface area contributed by atoms with Crippen molar-refractivity contribution in [3.63, 3.8) is 0 Å². The van der Waals surface area contributed by atoms with Gasteiger partial charge in [0, 0.05) is 24.7 Å². The predicted octanol–water partition coefficient (Wildman–Crippen LogP) is 2.73. The van der Waals surface area contributed by atoms with Crippen LogP contribution in [0.3, 0.4) is 0 Å². The SMILES string of the molecule is CC(CNCc1cccc(Br)c1O)N1CCCC1. The first kappa shape index (κ1) is 13.8. The van der Waals surface area contributed by atoms with Gasteiger partial charge in [-0.15, -0.1) is 0 Å². The third kappa shape index (κ3) is 3.46. The predicted molar refractivity (Wildman–Crippen MR) is 77.8 cm³/mol. The average molecular weight is 313 g/mol. The van der Waals surface area contributed by atoms with E-state index < -0.39 is 0 Å². The first-order chi connectivity index (χ1) is 8.68. The second kappa shape index (κ2) is 6.55. The highest BCUT2D eigenvalue weighted by atomic mass is 79.9. The van der Waals surface area contributed by atoms with Crippen LogP contribution >= 0.6 is 15.9 Å². The topological polar surface area (TPSA) is 35.5 Å². The number of halogens is 1. The molecule has 100 valence electrons. The quantitative estimate of drug-likeness (QED) is 0.877. The Morgan fingerprint density at radius 1 is 1.39 bits per heavy atom. The molecule has 2 N–H and O–H groups in total. The molecule has 3 nitrogen and oxygen atoms in total. The highest BCUT2D eigenvalue weighted by Gasteiger charge is 2.17. The molecule has 0 bridgehead atoms. The van der Waals surface area contributed by atoms with E-state index in [9.17, 15) is 5.11 Å². The number of hydrogen-bond acceptors (Lipinski definition) is 3. The van der Waals surface area contributed by atoms with E-state index in [0.29, 0.717) is 18.3 Å². The van der Waals surface area contributed by atoms with Gasteiger partial charge >= 0.3 is 0 Å². The van der Waals surface area contributed by atoms with Crippen LogP contribution in [-0.4, -0.2) is 35.7 Å². The lowest BCUT2D eigenvalue weighted by Crippen LogP contribution is -2.38. The summed E-state index contributed by atoms with van der Waals surface area (Å²) >= 11 is 3.33. The van der Waals surface area contributed by atoms with E-state index in [0.717, 1.165) is 16.6 Å². The summed E-state index contributed by atoms with van der Waals surface area (Å²) in [5.74, 6) is 0.346. The first-order valence-electron chi connectivity index (χ1n) is 6.59. The summed E-state index contributed by atoms with van der Waals surface area (Å²) < 4.78 is 0.759. The Labute approximate surface area is 117 Å². The Morgan fingerprint density at radius 3 is 2.83 bits per heavy atom. The van der Waals surface area contributed by atoms with Crippen molar-refractivity contribution in [1.82, 2.24) is 10.2 Å². The van der Waals surface area contributed by atoms with Crippen molar-refractivity contribution < 1.29 is 5.11 Å². The highest BCUT2D eigenvalue weighted by molar-refractivity contribution is 9.10. The first-order valence-corrected chi connectivity index (χ1v) is 7.39. The second-order valence-corrected chi connectivity index (χ2v) is 5.82. The van der Waals surface area contributed by atoms with Crippen molar-refractivity contribution in [3.8, 4) is 5.75 Å². The molecule has 1 aliphatic heterocycles. The molecule has 18 heavy (non-hydrogen) atoms. The molecule has 1 saturated heterocycles. The van der Waals surface area contributed by atoms with Crippen LogP contribution in [0.5, 0.6) is 5.75 Å². The van der Waals surface area contributed by atoms with Gasteiger partial charge in [-0.1, -0.05) is 12.1 Å². The molecule has 1 fully saturated rings. The largest absolute Gasteiger partial charge is 0.506 e. The van der Waals surface area contributed by atoms with Gasteiger partial charge in [-0.05, 0) is 54.9 Å². The van der Waals surface area contributed by atoms with Gasteiger partial charge in [-0.25, -0.2) is 0 Å². The lowest BCUT2D eigenvalue weighted by molar-refractivity contribution is 0.251. The Balaban J connectivity index is 1.79. The molecule has 1 unspecified atom stereocenters. The number of para-hydroxylation sites is 1. The zero-order valence-electron chi connectivity index (χ0n) is 10.8. The lowest BCUT2D eigenvalue weighted by atomic mass is 10.2. The summed E-state index contributed by atoms with van der Waals surface area (Å²) in [4.78, 5) is 2.52. The van der Waals surface area contributed by atoms with Crippen LogP contribution in [0.25, 0.3) is 0 Å². The number of rotatable bonds is 5. The third-order valence-corrected chi connectivity index (χ3v) is 4.23. The number of aromatic hydroxyl groups is 1. The fraction of sp³-hybridized carbons (Fsp3) is 0.571. The van der Waals surface area contributed by atoms with E-state index in [1.165, 1.54) is 25.9 Å². The van der Waals surface area contributed by atoms with Crippen LogP contribution in [0.2, 0.25) is 0 Å². The minimum Gasteiger partial charge on any atom is -0.506 e. The van der Waals surface area contributed by atoms with E-state index in [-0.39, 0.29) is 0 Å². The minimum absolute atomic E-state index is 0.346. The van der Waals surface area contributed by atoms with E-state index in [1.54, 1.807) is 0 Å². The summed E-state index contributed by atoms with van der Waals surface area (Å²) in [6, 6.07) is 6.33. The van der Waals surface area contributed by atoms with E-state index >= 15 is 0 Å². The molecule has 1 atom stereocenters. The number of likely N-dealkylation sites (tertiary alicyclic amines) is 1. The Bertz CT molecular complexity index is 391. The summed E-state index contributed by atoms with van der Waals surface area (Å²) in [6.07, 6.45) is 2.66. The van der Waals surface area contributed by atoms with Crippen LogP contribution in [0.1, 0.15) is 25.3 Å². The van der Waals surface area contributed by atoms with Gasteiger partial charge in [0.15, 0.2) is 0 Å². The van der Waals surface area contributed by atoms with E-state index in [1.807, 2.05) is 18.2 Å². The van der Waals surface area contributed by atoms with Crippen molar-refractivity contribution in [3.05, 3.63) is 28.2 Å². The van der Waals surface area contributed by atoms with E-state index in [2.05, 4.69) is 33.1 Å². The van der Waals surface area contributed by atoms with Crippen LogP contribution < -0.4 is 5.32 Å². The highest BCUT2D eigenvalue weighted by Crippen LogP contribution is 2.27. The number of benzene rings is 1. The maximum absolute atomic E-state index is 9.88. The molecule has 2 rings (SSSR count). The molecule has 0 amide bonds. The molecular weight excluding hydrogens is 292 g/mol. The number of nitrogens with one attached hydrogen (secondary N) is 1. The number of nitrogens with zero attached hydrogens (tertiary/aromatic N) is 1. The summed E-state index contributed by atoms with van der Waals surface area (Å²) in [7, 11) is 0. The zero-order valence-corrected chi connectivity index (χ0v) is 12.4. The molecule has 0 saturated carbocycles. The fourth-order valence-electron chi connectivity index (χ4n) is 2.43. The van der Waals surface area contributed by atoms with Crippen molar-refractivity contribution in [2.45, 2.75) is 32.4 Å². The molecule has 1 aromatic rings. The maximum Gasteiger partial charge on any atom is 0.134 e. The van der Waals surface area contributed by atoms with Gasteiger partial charge in [0.1, 0.15) is 5.75 Å². The van der Waals surface area contributed by atoms with Crippen molar-refractivity contribution in [1.29, 1.82) is 0 Å². The van der Waals surface area contributed by atoms with Gasteiger partial charge in [0.2, 0.25) is 0 Å². The van der Waals surface area contributed by atoms with Gasteiger partial charge in [0.05, 0.1) is 4.47 Å². The maximum atomic E-state index is 9.88. The monoisotopic (exact) mass is 312 g/mol. The molecule has 0 aliphatic carbocycles. The molecule has 1 aromatic carbocycles. The average Bonchev–Trinajstić information content (AvgIpc) is 2.88. The van der Waals surface area contributed by atoms with Crippen LogP contribution in [0.15, 0.2) is 22.7 Å². The minimum atomic E-state index is 0.346. The van der Waals surface area contributed by atoms with Crippen LogP contribution in [0.4, 0.5) is 0 Å². The molecule has 1 heterocycles. The number of hydrogen-bond donors (Lipinski definition) is 2. The van der Waals surface area contributed by atoms with Crippen molar-refractivity contribution in [2.24, 2.45) is 0 Å². The third-order valence-electron chi connectivity index (χ3n) is 3.59. The van der Waals surface area contributed by atoms with Crippen molar-refractivity contribution in [2.75, 3.05) is 19.6 Å². The van der Waals surface area contributed by atoms with Crippen molar-refractivity contribution >= 4 is 15.9 Å². The van der Waals surface area contributed by atoms with Crippen LogP contribution in [0, 0.1) is 0 Å². The standard InChI is InChI=1S/C14H21BrN2O/c1-11(17-7-2-3-8-17)9-16-10-12-5-4-6-13(15)14(12)18/h4-6,11,16,18H,2-3,7-10H2,1H3. The Kier molecular flexibility index (Phi) is 5.03.